The fourth-order valence-corrected chi connectivity index (χ4v) is 6.51. The number of phenolic OH excluding ortho intramolecular Hbond substituents is 1. The number of fused-ring (bicyclic) bond motifs is 1. The predicted octanol–water partition coefficient (Wildman–Crippen LogP) is 8.26. The number of rotatable bonds is 11. The van der Waals surface area contributed by atoms with Crippen molar-refractivity contribution < 1.29 is 18.6 Å². The molecule has 1 aromatic heterocycles. The van der Waals surface area contributed by atoms with Crippen molar-refractivity contribution in [1.29, 1.82) is 0 Å². The van der Waals surface area contributed by atoms with E-state index in [-0.39, 0.29) is 27.9 Å². The van der Waals surface area contributed by atoms with Crippen LogP contribution in [-0.4, -0.2) is 28.4 Å². The van der Waals surface area contributed by atoms with Crippen LogP contribution in [0.3, 0.4) is 0 Å². The number of unbranched alkanes of at least 4 members (excludes halogenated alkanes) is 1. The van der Waals surface area contributed by atoms with Crippen LogP contribution in [0, 0.1) is 6.92 Å². The molecule has 0 saturated heterocycles. The number of azo groups is 1. The molecule has 1 heterocycles. The molecule has 43 heavy (non-hydrogen) atoms. The van der Waals surface area contributed by atoms with Crippen LogP contribution in [-0.2, 0) is 22.9 Å². The van der Waals surface area contributed by atoms with Gasteiger partial charge < -0.3 is 10.2 Å². The number of anilines is 1. The molecular weight excluding hydrogens is 562 g/mol. The van der Waals surface area contributed by atoms with Crippen LogP contribution >= 0.6 is 0 Å². The molecule has 5 rings (SSSR count). The van der Waals surface area contributed by atoms with E-state index in [1.54, 1.807) is 49.4 Å². The molecule has 222 valence electrons. The van der Waals surface area contributed by atoms with Crippen LogP contribution < -0.4 is 4.72 Å². The van der Waals surface area contributed by atoms with Gasteiger partial charge in [-0.2, -0.15) is 9.78 Å². The minimum Gasteiger partial charge on any atom is -0.506 e. The van der Waals surface area contributed by atoms with Crippen LogP contribution in [0.4, 0.5) is 17.1 Å². The maximum Gasteiger partial charge on any atom is 0.262 e. The number of benzene rings is 4. The number of nitrogens with zero attached hydrogens (tertiary/aromatic N) is 4. The van der Waals surface area contributed by atoms with Crippen molar-refractivity contribution in [2.45, 2.75) is 57.8 Å². The molecule has 0 unspecified atom stereocenters. The number of aromatic nitrogens is 2. The van der Waals surface area contributed by atoms with E-state index in [1.807, 2.05) is 24.3 Å². The summed E-state index contributed by atoms with van der Waals surface area (Å²) in [5.74, 6) is -0.565. The van der Waals surface area contributed by atoms with Crippen molar-refractivity contribution in [3.8, 4) is 17.3 Å². The van der Waals surface area contributed by atoms with Crippen LogP contribution in [0.25, 0.3) is 16.5 Å². The fraction of sp³-hybridized carbons (Fsp3) is 0.242. The number of nitrogens with one attached hydrogen (secondary N) is 1. The Labute approximate surface area is 251 Å². The van der Waals surface area contributed by atoms with Gasteiger partial charge in [-0.25, -0.2) is 8.42 Å². The second-order valence-electron chi connectivity index (χ2n) is 10.4. The van der Waals surface area contributed by atoms with Crippen molar-refractivity contribution in [3.05, 3.63) is 95.7 Å². The van der Waals surface area contributed by atoms with Gasteiger partial charge in [0.2, 0.25) is 5.88 Å². The number of hydrogen-bond acceptors (Lipinski definition) is 7. The highest BCUT2D eigenvalue weighted by Crippen LogP contribution is 2.42. The van der Waals surface area contributed by atoms with E-state index in [2.05, 4.69) is 40.0 Å². The molecule has 0 aliphatic rings. The molecule has 9 nitrogen and oxygen atoms in total. The molecule has 0 bridgehead atoms. The van der Waals surface area contributed by atoms with E-state index >= 15 is 0 Å². The molecule has 5 aromatic rings. The quantitative estimate of drug-likeness (QED) is 0.132. The Morgan fingerprint density at radius 1 is 0.837 bits per heavy atom. The first kappa shape index (κ1) is 29.8. The molecule has 3 N–H and O–H groups in total. The summed E-state index contributed by atoms with van der Waals surface area (Å²) in [4.78, 5) is -0.0723. The van der Waals surface area contributed by atoms with Crippen molar-refractivity contribution in [2.75, 3.05) is 4.72 Å². The van der Waals surface area contributed by atoms with Gasteiger partial charge in [-0.05, 0) is 55.5 Å². The maximum atomic E-state index is 13.8. The van der Waals surface area contributed by atoms with E-state index in [9.17, 15) is 18.6 Å². The Hall–Kier alpha value is -4.70. The Bertz CT molecular complexity index is 1900. The van der Waals surface area contributed by atoms with Crippen molar-refractivity contribution in [1.82, 2.24) is 9.78 Å². The zero-order valence-electron chi connectivity index (χ0n) is 24.4. The third-order valence-corrected chi connectivity index (χ3v) is 8.73. The summed E-state index contributed by atoms with van der Waals surface area (Å²) in [5.41, 5.74) is 3.98. The summed E-state index contributed by atoms with van der Waals surface area (Å²) in [7, 11) is -4.10. The zero-order valence-corrected chi connectivity index (χ0v) is 25.3. The highest BCUT2D eigenvalue weighted by molar-refractivity contribution is 7.93. The van der Waals surface area contributed by atoms with Crippen LogP contribution in [0.1, 0.15) is 49.9 Å². The lowest BCUT2D eigenvalue weighted by Gasteiger charge is -2.17. The molecule has 0 spiro atoms. The van der Waals surface area contributed by atoms with Gasteiger partial charge in [-0.15, -0.1) is 10.2 Å². The minimum absolute atomic E-state index is 0.0723. The summed E-state index contributed by atoms with van der Waals surface area (Å²) in [6.07, 6.45) is 4.57. The molecule has 0 aliphatic carbocycles. The highest BCUT2D eigenvalue weighted by atomic mass is 32.2. The highest BCUT2D eigenvalue weighted by Gasteiger charge is 2.24. The molecule has 0 saturated carbocycles. The topological polar surface area (TPSA) is 129 Å². The predicted molar refractivity (Wildman–Crippen MR) is 170 cm³/mol. The number of aromatic hydroxyl groups is 2. The van der Waals surface area contributed by atoms with Gasteiger partial charge in [-0.1, -0.05) is 81.3 Å². The van der Waals surface area contributed by atoms with Gasteiger partial charge in [0.1, 0.15) is 11.4 Å². The summed E-state index contributed by atoms with van der Waals surface area (Å²) >= 11 is 0. The first-order valence-electron chi connectivity index (χ1n) is 14.4. The molecule has 0 atom stereocenters. The van der Waals surface area contributed by atoms with E-state index in [4.69, 9.17) is 0 Å². The maximum absolute atomic E-state index is 13.8. The number of sulfonamides is 1. The SMILES string of the molecule is CCCCc1cccc(NS(=O)(=O)c2cc(O)c(N=Nc3c(C)nn(-c4ccccc4)c3O)c3ccccc23)c1CCC. The normalized spacial score (nSPS) is 11.9. The second-order valence-corrected chi connectivity index (χ2v) is 12.0. The van der Waals surface area contributed by atoms with E-state index in [1.165, 1.54) is 10.7 Å². The van der Waals surface area contributed by atoms with Crippen LogP contribution in [0.2, 0.25) is 0 Å². The lowest BCUT2D eigenvalue weighted by Crippen LogP contribution is -2.15. The molecule has 4 aromatic carbocycles. The van der Waals surface area contributed by atoms with Gasteiger partial charge in [0.05, 0.1) is 22.0 Å². The number of hydrogen-bond donors (Lipinski definition) is 3. The molecule has 0 amide bonds. The van der Waals surface area contributed by atoms with Gasteiger partial charge in [0, 0.05) is 16.8 Å². The van der Waals surface area contributed by atoms with Crippen molar-refractivity contribution in [2.24, 2.45) is 10.2 Å². The zero-order chi connectivity index (χ0) is 30.6. The smallest absolute Gasteiger partial charge is 0.262 e. The van der Waals surface area contributed by atoms with Crippen LogP contribution in [0.15, 0.2) is 94.0 Å². The average molecular weight is 598 g/mol. The number of aryl methyl sites for hydroxylation is 2. The Morgan fingerprint density at radius 3 is 2.26 bits per heavy atom. The first-order chi connectivity index (χ1) is 20.7. The van der Waals surface area contributed by atoms with Gasteiger partial charge >= 0.3 is 0 Å². The third kappa shape index (κ3) is 6.10. The molecular formula is C33H35N5O4S. The molecule has 0 aliphatic heterocycles. The number of para-hydroxylation sites is 1. The lowest BCUT2D eigenvalue weighted by atomic mass is 9.97. The first-order valence-corrected chi connectivity index (χ1v) is 15.9. The second kappa shape index (κ2) is 12.7. The molecule has 10 heteroatoms. The lowest BCUT2D eigenvalue weighted by molar-refractivity contribution is 0.434. The van der Waals surface area contributed by atoms with E-state index in [0.717, 1.165) is 43.2 Å². The van der Waals surface area contributed by atoms with E-state index < -0.39 is 10.0 Å². The summed E-state index contributed by atoms with van der Waals surface area (Å²) in [6.45, 7) is 5.90. The van der Waals surface area contributed by atoms with Gasteiger partial charge in [-0.3, -0.25) is 4.72 Å². The fourth-order valence-electron chi connectivity index (χ4n) is 5.19. The Balaban J connectivity index is 1.55. The Morgan fingerprint density at radius 2 is 1.53 bits per heavy atom. The van der Waals surface area contributed by atoms with Gasteiger partial charge in [0.25, 0.3) is 10.0 Å². The number of phenols is 1. The summed E-state index contributed by atoms with van der Waals surface area (Å²) in [6, 6.07) is 22.8. The molecule has 0 radical (unpaired) electrons. The van der Waals surface area contributed by atoms with E-state index in [0.29, 0.717) is 27.8 Å². The monoisotopic (exact) mass is 597 g/mol. The van der Waals surface area contributed by atoms with Crippen LogP contribution in [0.5, 0.6) is 11.6 Å². The summed E-state index contributed by atoms with van der Waals surface area (Å²) < 4.78 is 31.8. The minimum atomic E-state index is -4.10. The van der Waals surface area contributed by atoms with Crippen molar-refractivity contribution >= 4 is 37.9 Å². The Kier molecular flexibility index (Phi) is 8.77. The third-order valence-electron chi connectivity index (χ3n) is 7.32. The van der Waals surface area contributed by atoms with Gasteiger partial charge in [0.15, 0.2) is 5.69 Å². The van der Waals surface area contributed by atoms with Crippen molar-refractivity contribution in [3.63, 3.8) is 0 Å². The molecule has 0 fully saturated rings. The standard InChI is InChI=1S/C33H35N5O4S/c1-4-6-14-23-15-12-20-28(25(23)13-5-2)37-43(41,42)30-21-29(39)32(27-19-11-10-18-26(27)30)35-34-31-22(3)36-38(33(31)40)24-16-8-7-9-17-24/h7-12,15-21,37,39-40H,4-6,13-14H2,1-3H3. The average Bonchev–Trinajstić information content (AvgIpc) is 3.29. The summed E-state index contributed by atoms with van der Waals surface area (Å²) in [5, 5.41) is 35.5. The largest absolute Gasteiger partial charge is 0.506 e.